The molecule has 0 aliphatic carbocycles. The smallest absolute Gasteiger partial charge is 0.137 e. The van der Waals surface area contributed by atoms with E-state index in [4.69, 9.17) is 11.6 Å². The summed E-state index contributed by atoms with van der Waals surface area (Å²) in [7, 11) is 0. The van der Waals surface area contributed by atoms with Crippen molar-refractivity contribution in [2.45, 2.75) is 4.90 Å². The van der Waals surface area contributed by atoms with Crippen molar-refractivity contribution in [2.24, 2.45) is 0 Å². The maximum atomic E-state index is 5.81. The van der Waals surface area contributed by atoms with E-state index in [-0.39, 0.29) is 0 Å². The Morgan fingerprint density at radius 2 is 2.27 bits per heavy atom. The summed E-state index contributed by atoms with van der Waals surface area (Å²) in [6.07, 6.45) is 3.44. The van der Waals surface area contributed by atoms with Gasteiger partial charge in [-0.1, -0.05) is 11.6 Å². The van der Waals surface area contributed by atoms with E-state index < -0.39 is 0 Å². The van der Waals surface area contributed by atoms with Gasteiger partial charge < -0.3 is 0 Å². The van der Waals surface area contributed by atoms with Gasteiger partial charge >= 0.3 is 0 Å². The van der Waals surface area contributed by atoms with Gasteiger partial charge in [0, 0.05) is 11.1 Å². The van der Waals surface area contributed by atoms with Gasteiger partial charge in [-0.3, -0.25) is 4.40 Å². The predicted octanol–water partition coefficient (Wildman–Crippen LogP) is 2.28. The average Bonchev–Trinajstić information content (AvgIpc) is 2.33. The van der Waals surface area contributed by atoms with Crippen molar-refractivity contribution in [2.75, 3.05) is 0 Å². The van der Waals surface area contributed by atoms with Gasteiger partial charge in [-0.25, -0.2) is 4.98 Å². The third-order valence-corrected chi connectivity index (χ3v) is 1.99. The molecule has 0 N–H and O–H groups in total. The number of hydrogen-bond donors (Lipinski definition) is 1. The van der Waals surface area contributed by atoms with Crippen LogP contribution < -0.4 is 0 Å². The molecule has 0 saturated carbocycles. The number of aromatic nitrogens is 2. The Balaban J connectivity index is 2.87. The fourth-order valence-electron chi connectivity index (χ4n) is 0.940. The van der Waals surface area contributed by atoms with E-state index >= 15 is 0 Å². The molecule has 2 aromatic heterocycles. The van der Waals surface area contributed by atoms with Gasteiger partial charge in [-0.05, 0) is 12.1 Å². The van der Waals surface area contributed by atoms with Crippen LogP contribution in [0, 0.1) is 0 Å². The fourth-order valence-corrected chi connectivity index (χ4v) is 1.31. The molecule has 0 unspecified atom stereocenters. The van der Waals surface area contributed by atoms with Crippen LogP contribution in [0.2, 0.25) is 5.15 Å². The monoisotopic (exact) mass is 184 g/mol. The van der Waals surface area contributed by atoms with Gasteiger partial charge in [0.2, 0.25) is 0 Å². The first-order chi connectivity index (χ1) is 5.27. The summed E-state index contributed by atoms with van der Waals surface area (Å²) in [5.74, 6) is 0. The summed E-state index contributed by atoms with van der Waals surface area (Å²) < 4.78 is 1.78. The summed E-state index contributed by atoms with van der Waals surface area (Å²) in [6, 6.07) is 3.75. The lowest BCUT2D eigenvalue weighted by molar-refractivity contribution is 1.14. The number of nitrogens with zero attached hydrogens (tertiary/aromatic N) is 2. The van der Waals surface area contributed by atoms with E-state index in [0.29, 0.717) is 5.15 Å². The average molecular weight is 185 g/mol. The van der Waals surface area contributed by atoms with Gasteiger partial charge in [0.15, 0.2) is 0 Å². The topological polar surface area (TPSA) is 17.3 Å². The standard InChI is InChI=1S/C7H5ClN2S/c8-6-3-9-7-2-1-5(11)4-10(6)7/h1-4,11H. The lowest BCUT2D eigenvalue weighted by Gasteiger charge is -1.94. The van der Waals surface area contributed by atoms with Crippen molar-refractivity contribution in [3.63, 3.8) is 0 Å². The SMILES string of the molecule is Sc1ccc2ncc(Cl)n2c1. The molecule has 0 spiro atoms. The van der Waals surface area contributed by atoms with Gasteiger partial charge in [0.1, 0.15) is 10.8 Å². The van der Waals surface area contributed by atoms with Crippen molar-refractivity contribution in [1.29, 1.82) is 0 Å². The van der Waals surface area contributed by atoms with E-state index in [0.717, 1.165) is 10.5 Å². The molecule has 0 aliphatic heterocycles. The largest absolute Gasteiger partial charge is 0.289 e. The van der Waals surface area contributed by atoms with Crippen LogP contribution in [0.3, 0.4) is 0 Å². The third-order valence-electron chi connectivity index (χ3n) is 1.44. The van der Waals surface area contributed by atoms with Crippen LogP contribution in [0.15, 0.2) is 29.4 Å². The van der Waals surface area contributed by atoms with Crippen LogP contribution in [-0.4, -0.2) is 9.38 Å². The summed E-state index contributed by atoms with van der Waals surface area (Å²) >= 11 is 9.99. The molecule has 0 atom stereocenters. The second kappa shape index (κ2) is 2.43. The van der Waals surface area contributed by atoms with Crippen molar-refractivity contribution in [1.82, 2.24) is 9.38 Å². The first-order valence-corrected chi connectivity index (χ1v) is 3.91. The van der Waals surface area contributed by atoms with Crippen LogP contribution >= 0.6 is 24.2 Å². The number of thiol groups is 1. The van der Waals surface area contributed by atoms with Crippen LogP contribution in [-0.2, 0) is 0 Å². The molecule has 56 valence electrons. The summed E-state index contributed by atoms with van der Waals surface area (Å²) in [4.78, 5) is 4.93. The van der Waals surface area contributed by atoms with Crippen molar-refractivity contribution in [3.8, 4) is 0 Å². The summed E-state index contributed by atoms with van der Waals surface area (Å²) in [6.45, 7) is 0. The first-order valence-electron chi connectivity index (χ1n) is 3.09. The molecule has 2 aromatic rings. The Morgan fingerprint density at radius 3 is 3.09 bits per heavy atom. The Hall–Kier alpha value is -0.670. The predicted molar refractivity (Wildman–Crippen MR) is 47.5 cm³/mol. The molecule has 11 heavy (non-hydrogen) atoms. The van der Waals surface area contributed by atoms with Crippen LogP contribution in [0.1, 0.15) is 0 Å². The van der Waals surface area contributed by atoms with E-state index in [1.807, 2.05) is 18.3 Å². The number of rotatable bonds is 0. The van der Waals surface area contributed by atoms with Crippen molar-refractivity contribution >= 4 is 29.9 Å². The summed E-state index contributed by atoms with van der Waals surface area (Å²) in [5.41, 5.74) is 0.841. The molecule has 0 amide bonds. The molecule has 0 fully saturated rings. The minimum atomic E-state index is 0.607. The highest BCUT2D eigenvalue weighted by Crippen LogP contribution is 2.14. The highest BCUT2D eigenvalue weighted by Gasteiger charge is 1.98. The minimum absolute atomic E-state index is 0.607. The molecule has 2 nitrogen and oxygen atoms in total. The van der Waals surface area contributed by atoms with E-state index in [9.17, 15) is 0 Å². The molecule has 2 rings (SSSR count). The lowest BCUT2D eigenvalue weighted by Crippen LogP contribution is -1.82. The normalized spacial score (nSPS) is 10.7. The van der Waals surface area contributed by atoms with E-state index in [1.54, 1.807) is 10.6 Å². The number of imidazole rings is 1. The van der Waals surface area contributed by atoms with Gasteiger partial charge in [0.25, 0.3) is 0 Å². The lowest BCUT2D eigenvalue weighted by atomic mass is 10.5. The van der Waals surface area contributed by atoms with Gasteiger partial charge in [-0.15, -0.1) is 12.6 Å². The molecule has 4 heteroatoms. The number of pyridine rings is 1. The molecule has 2 heterocycles. The van der Waals surface area contributed by atoms with Gasteiger partial charge in [-0.2, -0.15) is 0 Å². The van der Waals surface area contributed by atoms with Crippen molar-refractivity contribution < 1.29 is 0 Å². The molecule has 0 aromatic carbocycles. The fraction of sp³-hybridized carbons (Fsp3) is 0. The highest BCUT2D eigenvalue weighted by atomic mass is 35.5. The van der Waals surface area contributed by atoms with Crippen LogP contribution in [0.25, 0.3) is 5.65 Å². The number of halogens is 1. The Kier molecular flexibility index (Phi) is 1.55. The van der Waals surface area contributed by atoms with E-state index in [1.165, 1.54) is 0 Å². The zero-order valence-corrected chi connectivity index (χ0v) is 7.18. The minimum Gasteiger partial charge on any atom is -0.289 e. The Morgan fingerprint density at radius 1 is 1.45 bits per heavy atom. The van der Waals surface area contributed by atoms with Crippen LogP contribution in [0.4, 0.5) is 0 Å². The maximum absolute atomic E-state index is 5.81. The number of hydrogen-bond acceptors (Lipinski definition) is 2. The molecule has 0 bridgehead atoms. The Bertz CT molecular complexity index is 396. The quantitative estimate of drug-likeness (QED) is 0.622. The van der Waals surface area contributed by atoms with Crippen molar-refractivity contribution in [3.05, 3.63) is 29.7 Å². The second-order valence-electron chi connectivity index (χ2n) is 2.20. The molecule has 0 radical (unpaired) electrons. The zero-order chi connectivity index (χ0) is 7.84. The summed E-state index contributed by atoms with van der Waals surface area (Å²) in [5, 5.41) is 0.607. The maximum Gasteiger partial charge on any atom is 0.137 e. The van der Waals surface area contributed by atoms with Gasteiger partial charge in [0.05, 0.1) is 6.20 Å². The molecule has 0 saturated heterocycles. The molecule has 0 aliphatic rings. The number of fused-ring (bicyclic) bond motifs is 1. The molecular formula is C7H5ClN2S. The first kappa shape index (κ1) is 7.00. The van der Waals surface area contributed by atoms with Crippen LogP contribution in [0.5, 0.6) is 0 Å². The third kappa shape index (κ3) is 1.10. The second-order valence-corrected chi connectivity index (χ2v) is 3.10. The Labute approximate surface area is 74.2 Å². The zero-order valence-electron chi connectivity index (χ0n) is 5.53. The highest BCUT2D eigenvalue weighted by molar-refractivity contribution is 7.80. The van der Waals surface area contributed by atoms with E-state index in [2.05, 4.69) is 17.6 Å². The molecular weight excluding hydrogens is 180 g/mol.